The highest BCUT2D eigenvalue weighted by atomic mass is 32.2. The molecule has 24 heavy (non-hydrogen) atoms. The summed E-state index contributed by atoms with van der Waals surface area (Å²) < 4.78 is 52.4. The van der Waals surface area contributed by atoms with Gasteiger partial charge in [-0.3, -0.25) is 4.98 Å². The lowest BCUT2D eigenvalue weighted by molar-refractivity contribution is -0.141. The molecular weight excluding hydrogens is 359 g/mol. The maximum absolute atomic E-state index is 12.5. The van der Waals surface area contributed by atoms with Gasteiger partial charge in [0, 0.05) is 22.8 Å². The zero-order chi connectivity index (χ0) is 18.1. The van der Waals surface area contributed by atoms with Gasteiger partial charge < -0.3 is 0 Å². The third-order valence-electron chi connectivity index (χ3n) is 3.09. The summed E-state index contributed by atoms with van der Waals surface area (Å²) in [7, 11) is -1.22. The zero-order valence-corrected chi connectivity index (χ0v) is 15.3. The van der Waals surface area contributed by atoms with Crippen LogP contribution in [0.4, 0.5) is 13.2 Å². The molecule has 2 rings (SSSR count). The number of nitrogens with one attached hydrogen (secondary N) is 1. The largest absolute Gasteiger partial charge is 0.433 e. The van der Waals surface area contributed by atoms with Gasteiger partial charge in [0.2, 0.25) is 0 Å². The van der Waals surface area contributed by atoms with Gasteiger partial charge in [-0.2, -0.15) is 13.2 Å². The molecule has 0 aliphatic carbocycles. The Morgan fingerprint density at radius 2 is 1.83 bits per heavy atom. The molecule has 4 nitrogen and oxygen atoms in total. The molecule has 0 aliphatic heterocycles. The smallest absolute Gasteiger partial charge is 0.251 e. The van der Waals surface area contributed by atoms with Crippen molar-refractivity contribution in [2.45, 2.75) is 44.7 Å². The van der Waals surface area contributed by atoms with Crippen molar-refractivity contribution in [2.75, 3.05) is 0 Å². The lowest BCUT2D eigenvalue weighted by Gasteiger charge is -2.21. The average Bonchev–Trinajstić information content (AvgIpc) is 2.95. The molecule has 1 N–H and O–H groups in total. The fourth-order valence-corrected chi connectivity index (χ4v) is 3.49. The van der Waals surface area contributed by atoms with Gasteiger partial charge in [0.15, 0.2) is 0 Å². The number of rotatable bonds is 4. The topological polar surface area (TPSA) is 54.9 Å². The molecular formula is C15H18F3N3OS2. The molecule has 0 spiro atoms. The summed E-state index contributed by atoms with van der Waals surface area (Å²) in [6.07, 6.45) is -1.66. The van der Waals surface area contributed by atoms with E-state index in [1.54, 1.807) is 6.20 Å². The summed E-state index contributed by atoms with van der Waals surface area (Å²) >= 11 is 1.33. The Labute approximate surface area is 145 Å². The van der Waals surface area contributed by atoms with Gasteiger partial charge in [-0.15, -0.1) is 11.3 Å². The molecule has 2 aromatic heterocycles. The highest BCUT2D eigenvalue weighted by molar-refractivity contribution is 7.84. The van der Waals surface area contributed by atoms with Crippen LogP contribution in [0, 0.1) is 0 Å². The van der Waals surface area contributed by atoms with Gasteiger partial charge in [0.1, 0.15) is 10.7 Å². The van der Waals surface area contributed by atoms with Crippen molar-refractivity contribution in [1.82, 2.24) is 14.7 Å². The standard InChI is InChI=1S/C15H18F3N3OS2/c1-9(21-24(22)14(2,3)4)11-8-20-13(23-11)10-5-6-12(19-7-10)15(16,17)18/h5-9,21H,1-4H3/t9-,24+/m0/s1. The normalized spacial score (nSPS) is 15.3. The number of halogens is 3. The molecule has 0 unspecified atom stereocenters. The predicted octanol–water partition coefficient (Wildman–Crippen LogP) is 4.34. The van der Waals surface area contributed by atoms with Gasteiger partial charge in [-0.05, 0) is 39.8 Å². The summed E-state index contributed by atoms with van der Waals surface area (Å²) in [5.74, 6) is 0. The van der Waals surface area contributed by atoms with E-state index in [1.807, 2.05) is 27.7 Å². The molecule has 0 bridgehead atoms. The second kappa shape index (κ2) is 6.89. The number of nitrogens with zero attached hydrogens (tertiary/aromatic N) is 2. The van der Waals surface area contributed by atoms with Crippen LogP contribution >= 0.6 is 11.3 Å². The van der Waals surface area contributed by atoms with Gasteiger partial charge in [0.05, 0.1) is 21.8 Å². The first-order chi connectivity index (χ1) is 11.0. The SMILES string of the molecule is C[C@H](N[S@](=O)C(C)(C)C)c1cnc(-c2ccc(C(F)(F)F)nc2)s1. The molecule has 0 radical (unpaired) electrons. The van der Waals surface area contributed by atoms with Crippen molar-refractivity contribution < 1.29 is 17.4 Å². The summed E-state index contributed by atoms with van der Waals surface area (Å²) in [6.45, 7) is 7.48. The van der Waals surface area contributed by atoms with Crippen LogP contribution < -0.4 is 4.72 Å². The van der Waals surface area contributed by atoms with Crippen LogP contribution in [0.15, 0.2) is 24.5 Å². The maximum Gasteiger partial charge on any atom is 0.433 e. The summed E-state index contributed by atoms with van der Waals surface area (Å²) in [4.78, 5) is 8.52. The van der Waals surface area contributed by atoms with Crippen LogP contribution in [0.5, 0.6) is 0 Å². The quantitative estimate of drug-likeness (QED) is 0.862. The number of alkyl halides is 3. The molecule has 0 amide bonds. The highest BCUT2D eigenvalue weighted by Gasteiger charge is 2.32. The van der Waals surface area contributed by atoms with E-state index >= 15 is 0 Å². The molecule has 0 saturated carbocycles. The van der Waals surface area contributed by atoms with Gasteiger partial charge >= 0.3 is 6.18 Å². The second-order valence-electron chi connectivity index (χ2n) is 6.22. The van der Waals surface area contributed by atoms with Crippen LogP contribution in [0.3, 0.4) is 0 Å². The van der Waals surface area contributed by atoms with E-state index in [9.17, 15) is 17.4 Å². The minimum absolute atomic E-state index is 0.182. The maximum atomic E-state index is 12.5. The monoisotopic (exact) mass is 377 g/mol. The molecule has 9 heteroatoms. The Balaban J connectivity index is 2.14. The minimum Gasteiger partial charge on any atom is -0.251 e. The van der Waals surface area contributed by atoms with Crippen LogP contribution in [0.25, 0.3) is 10.6 Å². The van der Waals surface area contributed by atoms with E-state index in [0.29, 0.717) is 10.6 Å². The first-order valence-corrected chi connectivity index (χ1v) is 9.12. The van der Waals surface area contributed by atoms with E-state index < -0.39 is 22.9 Å². The summed E-state index contributed by atoms with van der Waals surface area (Å²) in [6, 6.07) is 2.11. The number of pyridine rings is 1. The van der Waals surface area contributed by atoms with Crippen molar-refractivity contribution in [2.24, 2.45) is 0 Å². The lowest BCUT2D eigenvalue weighted by Crippen LogP contribution is -2.34. The molecule has 0 aliphatic rings. The highest BCUT2D eigenvalue weighted by Crippen LogP contribution is 2.32. The molecule has 132 valence electrons. The Morgan fingerprint density at radius 3 is 2.33 bits per heavy atom. The van der Waals surface area contributed by atoms with E-state index in [1.165, 1.54) is 17.4 Å². The van der Waals surface area contributed by atoms with Crippen LogP contribution in [0.2, 0.25) is 0 Å². The van der Waals surface area contributed by atoms with Gasteiger partial charge in [-0.25, -0.2) is 13.9 Å². The van der Waals surface area contributed by atoms with Gasteiger partial charge in [0.25, 0.3) is 0 Å². The molecule has 0 saturated heterocycles. The van der Waals surface area contributed by atoms with Crippen molar-refractivity contribution in [1.29, 1.82) is 0 Å². The first-order valence-electron chi connectivity index (χ1n) is 7.16. The lowest BCUT2D eigenvalue weighted by atomic mass is 10.2. The molecule has 0 aromatic carbocycles. The van der Waals surface area contributed by atoms with Crippen LogP contribution in [0.1, 0.15) is 44.3 Å². The third-order valence-corrected chi connectivity index (χ3v) is 6.00. The Morgan fingerprint density at radius 1 is 1.17 bits per heavy atom. The fourth-order valence-electron chi connectivity index (χ4n) is 1.70. The second-order valence-corrected chi connectivity index (χ2v) is 9.28. The molecule has 0 fully saturated rings. The Bertz CT molecular complexity index is 721. The van der Waals surface area contributed by atoms with E-state index in [0.717, 1.165) is 17.1 Å². The number of thiazole rings is 1. The first kappa shape index (κ1) is 19.0. The van der Waals surface area contributed by atoms with Gasteiger partial charge in [-0.1, -0.05) is 0 Å². The number of hydrogen-bond donors (Lipinski definition) is 1. The Hall–Kier alpha value is -1.32. The van der Waals surface area contributed by atoms with E-state index in [-0.39, 0.29) is 10.8 Å². The van der Waals surface area contributed by atoms with Crippen LogP contribution in [-0.2, 0) is 17.2 Å². The minimum atomic E-state index is -4.46. The summed E-state index contributed by atoms with van der Waals surface area (Å²) in [5.41, 5.74) is -0.415. The number of aromatic nitrogens is 2. The van der Waals surface area contributed by atoms with Crippen molar-refractivity contribution >= 4 is 22.3 Å². The zero-order valence-electron chi connectivity index (χ0n) is 13.6. The summed E-state index contributed by atoms with van der Waals surface area (Å²) in [5, 5.41) is 0.571. The van der Waals surface area contributed by atoms with Crippen LogP contribution in [-0.4, -0.2) is 18.9 Å². The third kappa shape index (κ3) is 4.61. The fraction of sp³-hybridized carbons (Fsp3) is 0.467. The van der Waals surface area contributed by atoms with Crippen molar-refractivity contribution in [3.8, 4) is 10.6 Å². The van der Waals surface area contributed by atoms with Crippen molar-refractivity contribution in [3.63, 3.8) is 0 Å². The van der Waals surface area contributed by atoms with E-state index in [2.05, 4.69) is 14.7 Å². The molecule has 2 heterocycles. The van der Waals surface area contributed by atoms with Crippen molar-refractivity contribution in [3.05, 3.63) is 35.1 Å². The predicted molar refractivity (Wildman–Crippen MR) is 89.8 cm³/mol. The number of hydrogen-bond acceptors (Lipinski definition) is 4. The average molecular weight is 377 g/mol. The molecule has 2 aromatic rings. The van der Waals surface area contributed by atoms with E-state index in [4.69, 9.17) is 0 Å². The Kier molecular flexibility index (Phi) is 5.46. The molecule has 2 atom stereocenters.